The van der Waals surface area contributed by atoms with Gasteiger partial charge in [0.05, 0.1) is 0 Å². The molecule has 0 amide bonds. The Morgan fingerprint density at radius 3 is 1.23 bits per heavy atom. The van der Waals surface area contributed by atoms with Crippen LogP contribution in [0, 0.1) is 0 Å². The van der Waals surface area contributed by atoms with Crippen LogP contribution in [0.3, 0.4) is 0 Å². The van der Waals surface area contributed by atoms with Crippen LogP contribution in [0.1, 0.15) is 117 Å². The molecule has 0 rings (SSSR count). The van der Waals surface area contributed by atoms with Gasteiger partial charge in [-0.3, -0.25) is 0 Å². The van der Waals surface area contributed by atoms with Crippen molar-refractivity contribution < 1.29 is 8.85 Å². The molecule has 0 saturated heterocycles. The van der Waals surface area contributed by atoms with Gasteiger partial charge in [0.15, 0.2) is 0 Å². The Labute approximate surface area is 166 Å². The van der Waals surface area contributed by atoms with Gasteiger partial charge < -0.3 is 8.85 Å². The van der Waals surface area contributed by atoms with E-state index in [0.717, 1.165) is 26.1 Å². The molecule has 0 bridgehead atoms. The molecule has 1 unspecified atom stereocenters. The smallest absolute Gasteiger partial charge is 0.361 e. The third-order valence-corrected chi connectivity index (χ3v) is 7.44. The molecule has 0 fully saturated rings. The highest BCUT2D eigenvalue weighted by molar-refractivity contribution is 6.71. The molecule has 3 heteroatoms. The quantitative estimate of drug-likeness (QED) is 0.147. The molecule has 0 saturated carbocycles. The van der Waals surface area contributed by atoms with E-state index in [9.17, 15) is 0 Å². The van der Waals surface area contributed by atoms with E-state index >= 15 is 0 Å². The molecule has 0 aliphatic rings. The standard InChI is InChI=1S/C23H48O2Si/c1-5-8-10-12-13-14-15-16-17-18-19-21-23-25-26(4,7-3)24-22-20-11-9-6-2/h7H,3,5-6,8-23H2,1-2,4H3. The molecule has 0 spiro atoms. The zero-order valence-corrected chi connectivity index (χ0v) is 19.3. The minimum Gasteiger partial charge on any atom is -0.391 e. The summed E-state index contributed by atoms with van der Waals surface area (Å²) in [7, 11) is -2.12. The average molecular weight is 385 g/mol. The molecule has 156 valence electrons. The zero-order valence-electron chi connectivity index (χ0n) is 18.3. The number of hydrogen-bond donors (Lipinski definition) is 0. The Morgan fingerprint density at radius 1 is 0.577 bits per heavy atom. The Kier molecular flexibility index (Phi) is 19.5. The first-order valence-corrected chi connectivity index (χ1v) is 14.0. The van der Waals surface area contributed by atoms with E-state index < -0.39 is 8.56 Å². The lowest BCUT2D eigenvalue weighted by Gasteiger charge is -2.23. The van der Waals surface area contributed by atoms with Gasteiger partial charge in [0.2, 0.25) is 0 Å². The number of unbranched alkanes of at least 4 members (excludes halogenated alkanes) is 14. The lowest BCUT2D eigenvalue weighted by molar-refractivity contribution is 0.177. The maximum atomic E-state index is 6.08. The van der Waals surface area contributed by atoms with E-state index in [-0.39, 0.29) is 0 Å². The van der Waals surface area contributed by atoms with Crippen LogP contribution in [-0.2, 0) is 8.85 Å². The second-order valence-electron chi connectivity index (χ2n) is 7.87. The molecule has 0 radical (unpaired) electrons. The first-order chi connectivity index (χ1) is 12.7. The van der Waals surface area contributed by atoms with Crippen molar-refractivity contribution in [3.8, 4) is 0 Å². The van der Waals surface area contributed by atoms with Crippen LogP contribution in [0.25, 0.3) is 0 Å². The van der Waals surface area contributed by atoms with E-state index in [0.29, 0.717) is 0 Å². The van der Waals surface area contributed by atoms with Crippen molar-refractivity contribution in [1.29, 1.82) is 0 Å². The average Bonchev–Trinajstić information content (AvgIpc) is 2.65. The van der Waals surface area contributed by atoms with Crippen molar-refractivity contribution in [1.82, 2.24) is 0 Å². The van der Waals surface area contributed by atoms with Crippen molar-refractivity contribution in [2.45, 2.75) is 123 Å². The predicted molar refractivity (Wildman–Crippen MR) is 119 cm³/mol. The molecule has 0 aromatic rings. The summed E-state index contributed by atoms with van der Waals surface area (Å²) in [6, 6.07) is 0. The summed E-state index contributed by atoms with van der Waals surface area (Å²) in [4.78, 5) is 0. The van der Waals surface area contributed by atoms with Gasteiger partial charge in [-0.05, 0) is 25.1 Å². The van der Waals surface area contributed by atoms with Crippen LogP contribution >= 0.6 is 0 Å². The van der Waals surface area contributed by atoms with Crippen molar-refractivity contribution in [3.63, 3.8) is 0 Å². The SMILES string of the molecule is C=C[Si](C)(OCCCCCC)OCCCCCCCCCCCCCC. The van der Waals surface area contributed by atoms with Gasteiger partial charge in [-0.1, -0.05) is 104 Å². The van der Waals surface area contributed by atoms with Gasteiger partial charge in [-0.25, -0.2) is 0 Å². The molecule has 0 aromatic heterocycles. The van der Waals surface area contributed by atoms with Crippen LogP contribution < -0.4 is 0 Å². The van der Waals surface area contributed by atoms with Crippen molar-refractivity contribution in [3.05, 3.63) is 12.3 Å². The fourth-order valence-electron chi connectivity index (χ4n) is 3.18. The monoisotopic (exact) mass is 384 g/mol. The van der Waals surface area contributed by atoms with Gasteiger partial charge in [-0.2, -0.15) is 0 Å². The highest BCUT2D eigenvalue weighted by Gasteiger charge is 2.26. The third kappa shape index (κ3) is 17.3. The van der Waals surface area contributed by atoms with Crippen LogP contribution in [0.4, 0.5) is 0 Å². The number of rotatable bonds is 21. The molecule has 0 heterocycles. The highest BCUT2D eigenvalue weighted by Crippen LogP contribution is 2.14. The summed E-state index contributed by atoms with van der Waals surface area (Å²) in [5, 5.41) is 0. The predicted octanol–water partition coefficient (Wildman–Crippen LogP) is 8.10. The molecule has 26 heavy (non-hydrogen) atoms. The zero-order chi connectivity index (χ0) is 19.3. The molecule has 1 atom stereocenters. The summed E-state index contributed by atoms with van der Waals surface area (Å²) in [5.41, 5.74) is 1.94. The van der Waals surface area contributed by atoms with E-state index in [1.165, 1.54) is 89.9 Å². The summed E-state index contributed by atoms with van der Waals surface area (Å²) >= 11 is 0. The van der Waals surface area contributed by atoms with Crippen LogP contribution in [-0.4, -0.2) is 21.8 Å². The van der Waals surface area contributed by atoms with E-state index in [2.05, 4.69) is 27.0 Å². The van der Waals surface area contributed by atoms with E-state index in [1.807, 2.05) is 5.70 Å². The Bertz CT molecular complexity index is 296. The van der Waals surface area contributed by atoms with Crippen molar-refractivity contribution >= 4 is 8.56 Å². The Hall–Kier alpha value is -0.123. The lowest BCUT2D eigenvalue weighted by Crippen LogP contribution is -2.37. The Morgan fingerprint density at radius 2 is 0.885 bits per heavy atom. The maximum Gasteiger partial charge on any atom is 0.361 e. The largest absolute Gasteiger partial charge is 0.391 e. The summed E-state index contributed by atoms with van der Waals surface area (Å²) in [6.45, 7) is 12.2. The number of hydrogen-bond acceptors (Lipinski definition) is 2. The van der Waals surface area contributed by atoms with E-state index in [1.54, 1.807) is 0 Å². The van der Waals surface area contributed by atoms with Crippen molar-refractivity contribution in [2.24, 2.45) is 0 Å². The van der Waals surface area contributed by atoms with Crippen LogP contribution in [0.2, 0.25) is 6.55 Å². The van der Waals surface area contributed by atoms with Gasteiger partial charge in [0, 0.05) is 13.2 Å². The maximum absolute atomic E-state index is 6.08. The minimum absolute atomic E-state index is 0.827. The minimum atomic E-state index is -2.12. The van der Waals surface area contributed by atoms with Gasteiger partial charge >= 0.3 is 8.56 Å². The molecule has 2 nitrogen and oxygen atoms in total. The lowest BCUT2D eigenvalue weighted by atomic mass is 10.1. The Balaban J connectivity index is 3.41. The van der Waals surface area contributed by atoms with Gasteiger partial charge in [0.1, 0.15) is 0 Å². The molecular formula is C23H48O2Si. The molecule has 0 aliphatic heterocycles. The van der Waals surface area contributed by atoms with Crippen molar-refractivity contribution in [2.75, 3.05) is 13.2 Å². The first kappa shape index (κ1) is 25.9. The molecule has 0 N–H and O–H groups in total. The fourth-order valence-corrected chi connectivity index (χ4v) is 4.60. The molecular weight excluding hydrogens is 336 g/mol. The topological polar surface area (TPSA) is 18.5 Å². The van der Waals surface area contributed by atoms with Crippen LogP contribution in [0.5, 0.6) is 0 Å². The highest BCUT2D eigenvalue weighted by atomic mass is 28.4. The van der Waals surface area contributed by atoms with E-state index in [4.69, 9.17) is 8.85 Å². The second-order valence-corrected chi connectivity index (χ2v) is 10.9. The molecule has 0 aliphatic carbocycles. The second kappa shape index (κ2) is 19.6. The molecule has 0 aromatic carbocycles. The van der Waals surface area contributed by atoms with Gasteiger partial charge in [0.25, 0.3) is 0 Å². The van der Waals surface area contributed by atoms with Gasteiger partial charge in [-0.15, -0.1) is 6.58 Å². The normalized spacial score (nSPS) is 13.7. The summed E-state index contributed by atoms with van der Waals surface area (Å²) < 4.78 is 12.1. The summed E-state index contributed by atoms with van der Waals surface area (Å²) in [6.07, 6.45) is 21.5. The van der Waals surface area contributed by atoms with Crippen LogP contribution in [0.15, 0.2) is 12.3 Å². The first-order valence-electron chi connectivity index (χ1n) is 11.6. The summed E-state index contributed by atoms with van der Waals surface area (Å²) in [5.74, 6) is 0. The third-order valence-electron chi connectivity index (χ3n) is 5.14. The fraction of sp³-hybridized carbons (Fsp3) is 0.913.